The Labute approximate surface area is 149 Å². The third-order valence-corrected chi connectivity index (χ3v) is 4.20. The lowest BCUT2D eigenvalue weighted by atomic mass is 9.88. The Kier molecular flexibility index (Phi) is 4.50. The number of hydrogen-bond donors (Lipinski definition) is 1. The molecule has 2 aromatic heterocycles. The number of carboxylic acids is 1. The number of hydrogen-bond acceptors (Lipinski definition) is 3. The van der Waals surface area contributed by atoms with Crippen LogP contribution in [0, 0.1) is 11.6 Å². The van der Waals surface area contributed by atoms with E-state index in [1.165, 1.54) is 26.1 Å². The lowest BCUT2D eigenvalue weighted by Gasteiger charge is -2.19. The molecule has 0 saturated heterocycles. The highest BCUT2D eigenvalue weighted by Crippen LogP contribution is 2.31. The minimum Gasteiger partial charge on any atom is -0.481 e. The number of pyridine rings is 2. The van der Waals surface area contributed by atoms with Gasteiger partial charge in [0.1, 0.15) is 17.0 Å². The predicted molar refractivity (Wildman–Crippen MR) is 93.5 cm³/mol. The van der Waals surface area contributed by atoms with Crippen molar-refractivity contribution in [2.24, 2.45) is 0 Å². The standard InChI is InChI=1S/C20H16F2N2O2/c1-20(2,19(25)26)18-8-5-7-17(24-18)13-10-12(14(21)11-15(13)22)16-6-3-4-9-23-16/h3-11H,1-2H3,(H,25,26). The Morgan fingerprint density at radius 3 is 2.23 bits per heavy atom. The molecule has 0 radical (unpaired) electrons. The molecule has 1 N–H and O–H groups in total. The van der Waals surface area contributed by atoms with E-state index in [0.29, 0.717) is 5.69 Å². The molecule has 0 amide bonds. The molecular weight excluding hydrogens is 338 g/mol. The maximum Gasteiger partial charge on any atom is 0.315 e. The molecule has 0 aliphatic heterocycles. The van der Waals surface area contributed by atoms with Gasteiger partial charge in [-0.2, -0.15) is 0 Å². The molecule has 0 fully saturated rings. The van der Waals surface area contributed by atoms with Crippen molar-refractivity contribution in [3.63, 3.8) is 0 Å². The van der Waals surface area contributed by atoms with E-state index in [4.69, 9.17) is 0 Å². The number of aliphatic carboxylic acids is 1. The molecule has 0 atom stereocenters. The molecule has 26 heavy (non-hydrogen) atoms. The van der Waals surface area contributed by atoms with Crippen LogP contribution in [0.25, 0.3) is 22.5 Å². The summed E-state index contributed by atoms with van der Waals surface area (Å²) in [4.78, 5) is 19.8. The average molecular weight is 354 g/mol. The van der Waals surface area contributed by atoms with Crippen LogP contribution >= 0.6 is 0 Å². The summed E-state index contributed by atoms with van der Waals surface area (Å²) in [6, 6.07) is 11.9. The van der Waals surface area contributed by atoms with Gasteiger partial charge in [0.25, 0.3) is 0 Å². The van der Waals surface area contributed by atoms with Gasteiger partial charge in [0, 0.05) is 23.4 Å². The summed E-state index contributed by atoms with van der Waals surface area (Å²) in [7, 11) is 0. The second-order valence-corrected chi connectivity index (χ2v) is 6.37. The van der Waals surface area contributed by atoms with Crippen molar-refractivity contribution >= 4 is 5.97 Å². The van der Waals surface area contributed by atoms with Crippen molar-refractivity contribution in [3.05, 3.63) is 72.1 Å². The number of carbonyl (C=O) groups is 1. The van der Waals surface area contributed by atoms with Crippen molar-refractivity contribution in [1.29, 1.82) is 0 Å². The third kappa shape index (κ3) is 3.18. The number of benzene rings is 1. The van der Waals surface area contributed by atoms with E-state index in [1.807, 2.05) is 0 Å². The average Bonchev–Trinajstić information content (AvgIpc) is 2.62. The number of carboxylic acid groups (broad SMARTS) is 1. The zero-order valence-electron chi connectivity index (χ0n) is 14.2. The first-order valence-electron chi connectivity index (χ1n) is 7.92. The van der Waals surface area contributed by atoms with Crippen LogP contribution < -0.4 is 0 Å². The zero-order chi connectivity index (χ0) is 18.9. The van der Waals surface area contributed by atoms with E-state index >= 15 is 0 Å². The normalized spacial score (nSPS) is 11.4. The van der Waals surface area contributed by atoms with Crippen LogP contribution in [0.2, 0.25) is 0 Å². The molecule has 2 heterocycles. The van der Waals surface area contributed by atoms with Gasteiger partial charge >= 0.3 is 5.97 Å². The van der Waals surface area contributed by atoms with Crippen molar-refractivity contribution in [2.45, 2.75) is 19.3 Å². The summed E-state index contributed by atoms with van der Waals surface area (Å²) in [5, 5.41) is 9.37. The van der Waals surface area contributed by atoms with Crippen LogP contribution in [0.1, 0.15) is 19.5 Å². The molecule has 132 valence electrons. The summed E-state index contributed by atoms with van der Waals surface area (Å²) >= 11 is 0. The maximum atomic E-state index is 14.4. The lowest BCUT2D eigenvalue weighted by molar-refractivity contribution is -0.142. The van der Waals surface area contributed by atoms with Crippen molar-refractivity contribution in [2.75, 3.05) is 0 Å². The summed E-state index contributed by atoms with van der Waals surface area (Å²) in [6.07, 6.45) is 1.52. The molecule has 0 unspecified atom stereocenters. The van der Waals surface area contributed by atoms with Crippen LogP contribution in [-0.2, 0) is 10.2 Å². The molecule has 0 aliphatic carbocycles. The predicted octanol–water partition coefficient (Wildman–Crippen LogP) is 4.45. The summed E-state index contributed by atoms with van der Waals surface area (Å²) < 4.78 is 28.6. The fourth-order valence-electron chi connectivity index (χ4n) is 2.51. The highest BCUT2D eigenvalue weighted by molar-refractivity contribution is 5.80. The highest BCUT2D eigenvalue weighted by Gasteiger charge is 2.31. The molecule has 3 rings (SSSR count). The van der Waals surface area contributed by atoms with Gasteiger partial charge in [0.15, 0.2) is 0 Å². The summed E-state index contributed by atoms with van der Waals surface area (Å²) in [5.41, 5.74) is -0.136. The SMILES string of the molecule is CC(C)(C(=O)O)c1cccc(-c2cc(-c3ccccn3)c(F)cc2F)n1. The molecule has 3 aromatic rings. The fraction of sp³-hybridized carbons (Fsp3) is 0.150. The quantitative estimate of drug-likeness (QED) is 0.752. The Balaban J connectivity index is 2.15. The van der Waals surface area contributed by atoms with Crippen LogP contribution in [0.4, 0.5) is 8.78 Å². The molecule has 0 saturated carbocycles. The van der Waals surface area contributed by atoms with Crippen LogP contribution in [0.5, 0.6) is 0 Å². The minimum absolute atomic E-state index is 0.0788. The highest BCUT2D eigenvalue weighted by atomic mass is 19.1. The second kappa shape index (κ2) is 6.63. The molecule has 0 bridgehead atoms. The molecule has 0 aliphatic rings. The van der Waals surface area contributed by atoms with Crippen molar-refractivity contribution in [3.8, 4) is 22.5 Å². The molecule has 6 heteroatoms. The minimum atomic E-state index is -1.24. The first-order chi connectivity index (χ1) is 12.3. The van der Waals surface area contributed by atoms with Crippen LogP contribution in [-0.4, -0.2) is 21.0 Å². The van der Waals surface area contributed by atoms with Gasteiger partial charge in [0.05, 0.1) is 17.1 Å². The molecule has 1 aromatic carbocycles. The Bertz CT molecular complexity index is 973. The number of rotatable bonds is 4. The van der Waals surface area contributed by atoms with Crippen molar-refractivity contribution < 1.29 is 18.7 Å². The van der Waals surface area contributed by atoms with E-state index in [2.05, 4.69) is 9.97 Å². The monoisotopic (exact) mass is 354 g/mol. The Morgan fingerprint density at radius 1 is 0.962 bits per heavy atom. The molecule has 4 nitrogen and oxygen atoms in total. The van der Waals surface area contributed by atoms with E-state index < -0.39 is 23.0 Å². The fourth-order valence-corrected chi connectivity index (χ4v) is 2.51. The van der Waals surface area contributed by atoms with E-state index in [9.17, 15) is 18.7 Å². The van der Waals surface area contributed by atoms with Crippen LogP contribution in [0.3, 0.4) is 0 Å². The summed E-state index contributed by atoms with van der Waals surface area (Å²) in [6.45, 7) is 3.03. The lowest BCUT2D eigenvalue weighted by Crippen LogP contribution is -2.29. The van der Waals surface area contributed by atoms with Gasteiger partial charge in [-0.1, -0.05) is 12.1 Å². The maximum absolute atomic E-state index is 14.4. The number of aromatic nitrogens is 2. The molecule has 0 spiro atoms. The van der Waals surface area contributed by atoms with Gasteiger partial charge in [0.2, 0.25) is 0 Å². The van der Waals surface area contributed by atoms with E-state index in [-0.39, 0.29) is 22.5 Å². The Hall–Kier alpha value is -3.15. The van der Waals surface area contributed by atoms with Gasteiger partial charge in [-0.05, 0) is 44.2 Å². The largest absolute Gasteiger partial charge is 0.481 e. The van der Waals surface area contributed by atoms with Crippen LogP contribution in [0.15, 0.2) is 54.7 Å². The van der Waals surface area contributed by atoms with E-state index in [1.54, 1.807) is 36.4 Å². The zero-order valence-corrected chi connectivity index (χ0v) is 14.2. The second-order valence-electron chi connectivity index (χ2n) is 6.37. The first kappa shape index (κ1) is 17.7. The first-order valence-corrected chi connectivity index (χ1v) is 7.92. The number of halogens is 2. The summed E-state index contributed by atoms with van der Waals surface area (Å²) in [5.74, 6) is -2.55. The van der Waals surface area contributed by atoms with E-state index in [0.717, 1.165) is 6.07 Å². The van der Waals surface area contributed by atoms with Gasteiger partial charge in [-0.3, -0.25) is 14.8 Å². The number of nitrogens with zero attached hydrogens (tertiary/aromatic N) is 2. The third-order valence-electron chi connectivity index (χ3n) is 4.20. The smallest absolute Gasteiger partial charge is 0.315 e. The topological polar surface area (TPSA) is 63.1 Å². The van der Waals surface area contributed by atoms with Gasteiger partial charge in [-0.15, -0.1) is 0 Å². The molecular formula is C20H16F2N2O2. The van der Waals surface area contributed by atoms with Crippen molar-refractivity contribution in [1.82, 2.24) is 9.97 Å². The van der Waals surface area contributed by atoms with Gasteiger partial charge < -0.3 is 5.11 Å². The van der Waals surface area contributed by atoms with Gasteiger partial charge in [-0.25, -0.2) is 8.78 Å². The Morgan fingerprint density at radius 2 is 1.62 bits per heavy atom.